The van der Waals surface area contributed by atoms with Gasteiger partial charge < -0.3 is 25.3 Å². The minimum absolute atomic E-state index is 0.0490. The molecule has 1 aromatic heterocycles. The van der Waals surface area contributed by atoms with Crippen molar-refractivity contribution in [3.05, 3.63) is 17.8 Å². The second-order valence-electron chi connectivity index (χ2n) is 4.25. The van der Waals surface area contributed by atoms with Crippen molar-refractivity contribution in [1.29, 1.82) is 0 Å². The molecule has 4 N–H and O–H groups in total. The van der Waals surface area contributed by atoms with E-state index in [4.69, 9.17) is 4.74 Å². The number of fused-ring (bicyclic) bond motifs is 1. The summed E-state index contributed by atoms with van der Waals surface area (Å²) in [5.74, 6) is -0.272. The van der Waals surface area contributed by atoms with Crippen LogP contribution in [0.15, 0.2) is 12.3 Å². The quantitative estimate of drug-likeness (QED) is 0.668. The van der Waals surface area contributed by atoms with Gasteiger partial charge in [0.1, 0.15) is 0 Å². The number of methoxy groups -OCH3 is 1. The van der Waals surface area contributed by atoms with E-state index in [1.807, 2.05) is 0 Å². The molecule has 0 spiro atoms. The van der Waals surface area contributed by atoms with Gasteiger partial charge in [-0.05, 0) is 12.0 Å². The number of H-pyrrole nitrogens is 1. The molecule has 0 aliphatic heterocycles. The van der Waals surface area contributed by atoms with Crippen LogP contribution in [0.25, 0.3) is 10.9 Å². The standard InChI is InChI=1S/C13H16N2O4/c1-7(16)14-4-3-8-6-15-9-5-10(17)13(19-2)12(18)11(8)9/h5-6,15,17-18H,3-4H2,1-2H3,(H,14,16). The summed E-state index contributed by atoms with van der Waals surface area (Å²) in [5.41, 5.74) is 1.47. The molecule has 0 saturated carbocycles. The number of phenolic OH excluding ortho intramolecular Hbond substituents is 2. The fourth-order valence-electron chi connectivity index (χ4n) is 2.08. The Kier molecular flexibility index (Phi) is 3.50. The predicted octanol–water partition coefficient (Wildman–Crippen LogP) is 1.27. The Morgan fingerprint density at radius 1 is 1.47 bits per heavy atom. The number of hydrogen-bond donors (Lipinski definition) is 4. The smallest absolute Gasteiger partial charge is 0.216 e. The van der Waals surface area contributed by atoms with Gasteiger partial charge in [-0.15, -0.1) is 0 Å². The van der Waals surface area contributed by atoms with Crippen LogP contribution in [-0.4, -0.2) is 34.8 Å². The maximum atomic E-state index is 10.8. The molecule has 0 bridgehead atoms. The minimum atomic E-state index is -0.122. The number of nitrogens with one attached hydrogen (secondary N) is 2. The summed E-state index contributed by atoms with van der Waals surface area (Å²) < 4.78 is 4.97. The van der Waals surface area contributed by atoms with E-state index in [2.05, 4.69) is 10.3 Å². The first kappa shape index (κ1) is 13.1. The average Bonchev–Trinajstić information content (AvgIpc) is 2.72. The van der Waals surface area contributed by atoms with Crippen LogP contribution in [0.4, 0.5) is 0 Å². The number of amides is 1. The molecule has 6 nitrogen and oxygen atoms in total. The van der Waals surface area contributed by atoms with Crippen molar-refractivity contribution < 1.29 is 19.7 Å². The first-order valence-electron chi connectivity index (χ1n) is 5.88. The molecule has 0 unspecified atom stereocenters. The Labute approximate surface area is 110 Å². The summed E-state index contributed by atoms with van der Waals surface area (Å²) in [6.07, 6.45) is 2.31. The molecular formula is C13H16N2O4. The Balaban J connectivity index is 2.38. The summed E-state index contributed by atoms with van der Waals surface area (Å²) >= 11 is 0. The van der Waals surface area contributed by atoms with Gasteiger partial charge >= 0.3 is 0 Å². The molecular weight excluding hydrogens is 248 g/mol. The van der Waals surface area contributed by atoms with Gasteiger partial charge in [-0.2, -0.15) is 0 Å². The molecule has 1 amide bonds. The Bertz CT molecular complexity index is 619. The van der Waals surface area contributed by atoms with E-state index < -0.39 is 0 Å². The fourth-order valence-corrected chi connectivity index (χ4v) is 2.08. The topological polar surface area (TPSA) is 94.6 Å². The number of aromatic amines is 1. The molecule has 6 heteroatoms. The summed E-state index contributed by atoms with van der Waals surface area (Å²) in [6.45, 7) is 1.93. The molecule has 0 aliphatic carbocycles. The van der Waals surface area contributed by atoms with Crippen LogP contribution in [0.3, 0.4) is 0 Å². The molecule has 1 heterocycles. The second-order valence-corrected chi connectivity index (χ2v) is 4.25. The van der Waals surface area contributed by atoms with Crippen molar-refractivity contribution in [2.75, 3.05) is 13.7 Å². The van der Waals surface area contributed by atoms with Crippen molar-refractivity contribution in [2.24, 2.45) is 0 Å². The number of carbonyl (C=O) groups excluding carboxylic acids is 1. The van der Waals surface area contributed by atoms with E-state index in [9.17, 15) is 15.0 Å². The van der Waals surface area contributed by atoms with E-state index in [0.29, 0.717) is 23.9 Å². The van der Waals surface area contributed by atoms with E-state index in [1.54, 1.807) is 6.20 Å². The third-order valence-electron chi connectivity index (χ3n) is 2.93. The zero-order valence-electron chi connectivity index (χ0n) is 10.8. The summed E-state index contributed by atoms with van der Waals surface area (Å²) in [5, 5.41) is 23.1. The maximum absolute atomic E-state index is 10.8. The SMILES string of the molecule is COc1c(O)cc2[nH]cc(CCNC(C)=O)c2c1O. The van der Waals surface area contributed by atoms with E-state index in [1.165, 1.54) is 20.1 Å². The predicted molar refractivity (Wildman–Crippen MR) is 70.6 cm³/mol. The molecule has 0 fully saturated rings. The average molecular weight is 264 g/mol. The summed E-state index contributed by atoms with van der Waals surface area (Å²) in [7, 11) is 1.38. The number of phenols is 2. The molecule has 0 saturated heterocycles. The van der Waals surface area contributed by atoms with Gasteiger partial charge in [0.15, 0.2) is 11.5 Å². The van der Waals surface area contributed by atoms with Gasteiger partial charge in [0.25, 0.3) is 0 Å². The van der Waals surface area contributed by atoms with Crippen LogP contribution in [0.5, 0.6) is 17.2 Å². The van der Waals surface area contributed by atoms with Crippen LogP contribution in [0, 0.1) is 0 Å². The summed E-state index contributed by atoms with van der Waals surface area (Å²) in [6, 6.07) is 1.50. The number of aromatic hydroxyl groups is 2. The lowest BCUT2D eigenvalue weighted by Gasteiger charge is -2.08. The number of rotatable bonds is 4. The molecule has 0 atom stereocenters. The van der Waals surface area contributed by atoms with Crippen LogP contribution in [0.1, 0.15) is 12.5 Å². The Hall–Kier alpha value is -2.37. The molecule has 0 aliphatic rings. The van der Waals surface area contributed by atoms with Crippen LogP contribution >= 0.6 is 0 Å². The highest BCUT2D eigenvalue weighted by atomic mass is 16.5. The lowest BCUT2D eigenvalue weighted by molar-refractivity contribution is -0.118. The summed E-state index contributed by atoms with van der Waals surface area (Å²) in [4.78, 5) is 13.8. The molecule has 19 heavy (non-hydrogen) atoms. The number of benzene rings is 1. The monoisotopic (exact) mass is 264 g/mol. The first-order chi connectivity index (χ1) is 9.04. The van der Waals surface area contributed by atoms with Crippen molar-refractivity contribution in [3.63, 3.8) is 0 Å². The highest BCUT2D eigenvalue weighted by molar-refractivity contribution is 5.93. The van der Waals surface area contributed by atoms with Gasteiger partial charge in [-0.3, -0.25) is 4.79 Å². The maximum Gasteiger partial charge on any atom is 0.216 e. The van der Waals surface area contributed by atoms with Crippen LogP contribution < -0.4 is 10.1 Å². The van der Waals surface area contributed by atoms with Crippen molar-refractivity contribution in [3.8, 4) is 17.2 Å². The highest BCUT2D eigenvalue weighted by Gasteiger charge is 2.16. The lowest BCUT2D eigenvalue weighted by Crippen LogP contribution is -2.22. The van der Waals surface area contributed by atoms with E-state index in [-0.39, 0.29) is 23.2 Å². The number of carbonyl (C=O) groups is 1. The number of aromatic nitrogens is 1. The number of hydrogen-bond acceptors (Lipinski definition) is 4. The second kappa shape index (κ2) is 5.09. The highest BCUT2D eigenvalue weighted by Crippen LogP contribution is 2.43. The van der Waals surface area contributed by atoms with Gasteiger partial charge in [0, 0.05) is 31.1 Å². The van der Waals surface area contributed by atoms with Gasteiger partial charge in [0.2, 0.25) is 11.7 Å². The zero-order chi connectivity index (χ0) is 14.0. The van der Waals surface area contributed by atoms with E-state index in [0.717, 1.165) is 5.56 Å². The third-order valence-corrected chi connectivity index (χ3v) is 2.93. The normalized spacial score (nSPS) is 10.6. The largest absolute Gasteiger partial charge is 0.504 e. The van der Waals surface area contributed by atoms with Gasteiger partial charge in [-0.25, -0.2) is 0 Å². The Morgan fingerprint density at radius 3 is 2.84 bits per heavy atom. The van der Waals surface area contributed by atoms with Gasteiger partial charge in [0.05, 0.1) is 12.6 Å². The number of ether oxygens (including phenoxy) is 1. The molecule has 2 rings (SSSR count). The zero-order valence-corrected chi connectivity index (χ0v) is 10.8. The van der Waals surface area contributed by atoms with Crippen LogP contribution in [0.2, 0.25) is 0 Å². The van der Waals surface area contributed by atoms with Crippen molar-refractivity contribution in [2.45, 2.75) is 13.3 Å². The molecule has 0 radical (unpaired) electrons. The van der Waals surface area contributed by atoms with Gasteiger partial charge in [-0.1, -0.05) is 0 Å². The molecule has 2 aromatic rings. The lowest BCUT2D eigenvalue weighted by atomic mass is 10.1. The van der Waals surface area contributed by atoms with Crippen molar-refractivity contribution in [1.82, 2.24) is 10.3 Å². The Morgan fingerprint density at radius 2 is 2.21 bits per heavy atom. The molecule has 1 aromatic carbocycles. The molecule has 102 valence electrons. The van der Waals surface area contributed by atoms with Crippen molar-refractivity contribution >= 4 is 16.8 Å². The van der Waals surface area contributed by atoms with Crippen LogP contribution in [-0.2, 0) is 11.2 Å². The fraction of sp³-hybridized carbons (Fsp3) is 0.308. The first-order valence-corrected chi connectivity index (χ1v) is 5.88. The third kappa shape index (κ3) is 2.42. The van der Waals surface area contributed by atoms with E-state index >= 15 is 0 Å². The minimum Gasteiger partial charge on any atom is -0.504 e.